The molecule has 2 unspecified atom stereocenters. The zero-order valence-corrected chi connectivity index (χ0v) is 12.6. The van der Waals surface area contributed by atoms with E-state index in [4.69, 9.17) is 9.84 Å². The molecular formula is C15H21N3O4. The molecule has 2 atom stereocenters. The second-order valence-electron chi connectivity index (χ2n) is 5.91. The molecule has 2 fully saturated rings. The minimum absolute atomic E-state index is 0.0415. The summed E-state index contributed by atoms with van der Waals surface area (Å²) in [7, 11) is 0. The van der Waals surface area contributed by atoms with Gasteiger partial charge in [-0.05, 0) is 26.2 Å². The van der Waals surface area contributed by atoms with Gasteiger partial charge in [0.1, 0.15) is 0 Å². The molecule has 7 heteroatoms. The van der Waals surface area contributed by atoms with Crippen LogP contribution in [0.1, 0.15) is 42.6 Å². The summed E-state index contributed by atoms with van der Waals surface area (Å²) in [6, 6.07) is 0.166. The Hall–Kier alpha value is -1.89. The zero-order chi connectivity index (χ0) is 15.7. The lowest BCUT2D eigenvalue weighted by molar-refractivity contribution is -0.134. The van der Waals surface area contributed by atoms with Crippen molar-refractivity contribution in [2.45, 2.75) is 38.3 Å². The molecule has 1 saturated carbocycles. The third kappa shape index (κ3) is 2.99. The molecule has 3 rings (SSSR count). The lowest BCUT2D eigenvalue weighted by Crippen LogP contribution is -2.40. The van der Waals surface area contributed by atoms with Crippen molar-refractivity contribution in [2.24, 2.45) is 5.92 Å². The van der Waals surface area contributed by atoms with Crippen LogP contribution in [-0.2, 0) is 9.53 Å². The molecule has 2 aliphatic rings. The van der Waals surface area contributed by atoms with E-state index in [-0.39, 0.29) is 29.5 Å². The van der Waals surface area contributed by atoms with Crippen molar-refractivity contribution >= 4 is 11.9 Å². The molecule has 1 aromatic heterocycles. The number of aromatic nitrogens is 2. The number of amides is 1. The molecule has 1 aliphatic heterocycles. The largest absolute Gasteiger partial charge is 0.478 e. The van der Waals surface area contributed by atoms with Gasteiger partial charge in [0.15, 0.2) is 0 Å². The highest BCUT2D eigenvalue weighted by atomic mass is 16.5. The summed E-state index contributed by atoms with van der Waals surface area (Å²) >= 11 is 0. The second kappa shape index (κ2) is 6.08. The molecule has 22 heavy (non-hydrogen) atoms. The van der Waals surface area contributed by atoms with E-state index in [9.17, 15) is 9.59 Å². The molecule has 0 bridgehead atoms. The van der Waals surface area contributed by atoms with Gasteiger partial charge >= 0.3 is 5.97 Å². The van der Waals surface area contributed by atoms with Gasteiger partial charge in [0.25, 0.3) is 0 Å². The number of hydrogen-bond acceptors (Lipinski definition) is 4. The predicted octanol–water partition coefficient (Wildman–Crippen LogP) is 1.17. The number of piperidine rings is 1. The summed E-state index contributed by atoms with van der Waals surface area (Å²) < 4.78 is 7.19. The number of carboxylic acids is 1. The summed E-state index contributed by atoms with van der Waals surface area (Å²) in [6.07, 6.45) is 5.50. The van der Waals surface area contributed by atoms with Crippen molar-refractivity contribution in [3.63, 3.8) is 0 Å². The molecule has 120 valence electrons. The molecule has 2 heterocycles. The maximum atomic E-state index is 12.3. The number of hydrogen-bond donors (Lipinski definition) is 1. The minimum Gasteiger partial charge on any atom is -0.478 e. The maximum absolute atomic E-state index is 12.3. The van der Waals surface area contributed by atoms with E-state index in [1.54, 1.807) is 10.9 Å². The average molecular weight is 307 g/mol. The SMILES string of the molecule is CCOC1CC1C(=O)N1CCC(n2cc(C(=O)O)cn2)CC1. The first-order chi connectivity index (χ1) is 10.6. The molecule has 1 amide bonds. The van der Waals surface area contributed by atoms with Crippen LogP contribution in [-0.4, -0.2) is 57.5 Å². The van der Waals surface area contributed by atoms with Gasteiger partial charge in [0.2, 0.25) is 5.91 Å². The number of nitrogens with zero attached hydrogens (tertiary/aromatic N) is 3. The first-order valence-electron chi connectivity index (χ1n) is 7.78. The topological polar surface area (TPSA) is 84.7 Å². The molecule has 0 radical (unpaired) electrons. The molecular weight excluding hydrogens is 286 g/mol. The van der Waals surface area contributed by atoms with Gasteiger partial charge in [-0.25, -0.2) is 4.79 Å². The lowest BCUT2D eigenvalue weighted by atomic mass is 10.0. The van der Waals surface area contributed by atoms with Crippen molar-refractivity contribution in [3.05, 3.63) is 18.0 Å². The third-order valence-corrected chi connectivity index (χ3v) is 4.43. The fourth-order valence-corrected chi connectivity index (χ4v) is 3.06. The van der Waals surface area contributed by atoms with Crippen molar-refractivity contribution < 1.29 is 19.4 Å². The normalized spacial score (nSPS) is 25.2. The quantitative estimate of drug-likeness (QED) is 0.882. The Morgan fingerprint density at radius 3 is 2.73 bits per heavy atom. The smallest absolute Gasteiger partial charge is 0.338 e. The van der Waals surface area contributed by atoms with E-state index in [1.807, 2.05) is 11.8 Å². The lowest BCUT2D eigenvalue weighted by Gasteiger charge is -2.32. The van der Waals surface area contributed by atoms with Crippen LogP contribution < -0.4 is 0 Å². The first kappa shape index (κ1) is 15.0. The molecule has 0 aromatic carbocycles. The molecule has 0 spiro atoms. The van der Waals surface area contributed by atoms with Gasteiger partial charge in [0.05, 0.1) is 29.8 Å². The van der Waals surface area contributed by atoms with E-state index in [0.29, 0.717) is 19.7 Å². The average Bonchev–Trinajstić information content (AvgIpc) is 3.10. The fraction of sp³-hybridized carbons (Fsp3) is 0.667. The number of ether oxygens (including phenoxy) is 1. The van der Waals surface area contributed by atoms with Crippen molar-refractivity contribution in [2.75, 3.05) is 19.7 Å². The van der Waals surface area contributed by atoms with Crippen LogP contribution in [0.2, 0.25) is 0 Å². The van der Waals surface area contributed by atoms with Crippen LogP contribution in [0.5, 0.6) is 0 Å². The minimum atomic E-state index is -0.963. The van der Waals surface area contributed by atoms with E-state index in [0.717, 1.165) is 19.3 Å². The summed E-state index contributed by atoms with van der Waals surface area (Å²) in [6.45, 7) is 3.99. The molecule has 1 aliphatic carbocycles. The molecule has 1 saturated heterocycles. The third-order valence-electron chi connectivity index (χ3n) is 4.43. The van der Waals surface area contributed by atoms with E-state index in [1.165, 1.54) is 6.20 Å². The van der Waals surface area contributed by atoms with Gasteiger partial charge < -0.3 is 14.7 Å². The zero-order valence-electron chi connectivity index (χ0n) is 12.6. The predicted molar refractivity (Wildman–Crippen MR) is 77.6 cm³/mol. The Morgan fingerprint density at radius 2 is 2.14 bits per heavy atom. The van der Waals surface area contributed by atoms with E-state index >= 15 is 0 Å². The first-order valence-corrected chi connectivity index (χ1v) is 7.78. The van der Waals surface area contributed by atoms with Gasteiger partial charge in [-0.1, -0.05) is 0 Å². The van der Waals surface area contributed by atoms with Crippen LogP contribution in [0, 0.1) is 5.92 Å². The monoisotopic (exact) mass is 307 g/mol. The number of carbonyl (C=O) groups excluding carboxylic acids is 1. The van der Waals surface area contributed by atoms with Crippen LogP contribution in [0.3, 0.4) is 0 Å². The van der Waals surface area contributed by atoms with Gasteiger partial charge in [0, 0.05) is 25.9 Å². The highest BCUT2D eigenvalue weighted by molar-refractivity contribution is 5.86. The van der Waals surface area contributed by atoms with Crippen LogP contribution in [0.4, 0.5) is 0 Å². The molecule has 1 N–H and O–H groups in total. The van der Waals surface area contributed by atoms with E-state index < -0.39 is 5.97 Å². The van der Waals surface area contributed by atoms with Gasteiger partial charge in [-0.15, -0.1) is 0 Å². The fourth-order valence-electron chi connectivity index (χ4n) is 3.06. The molecule has 7 nitrogen and oxygen atoms in total. The summed E-state index contributed by atoms with van der Waals surface area (Å²) in [5.41, 5.74) is 0.205. The molecule has 1 aromatic rings. The second-order valence-corrected chi connectivity index (χ2v) is 5.91. The Morgan fingerprint density at radius 1 is 1.41 bits per heavy atom. The van der Waals surface area contributed by atoms with Crippen molar-refractivity contribution in [1.82, 2.24) is 14.7 Å². The number of aromatic carboxylic acids is 1. The Balaban J connectivity index is 1.52. The highest BCUT2D eigenvalue weighted by Gasteiger charge is 2.46. The standard InChI is InChI=1S/C15H21N3O4/c1-2-22-13-7-12(13)14(19)17-5-3-11(4-6-17)18-9-10(8-16-18)15(20)21/h8-9,11-13H,2-7H2,1H3,(H,20,21). The summed E-state index contributed by atoms with van der Waals surface area (Å²) in [4.78, 5) is 25.1. The maximum Gasteiger partial charge on any atom is 0.338 e. The van der Waals surface area contributed by atoms with Gasteiger partial charge in [-0.3, -0.25) is 9.48 Å². The number of rotatable bonds is 5. The number of carboxylic acid groups (broad SMARTS) is 1. The number of likely N-dealkylation sites (tertiary alicyclic amines) is 1. The Bertz CT molecular complexity index is 563. The number of carbonyl (C=O) groups is 2. The van der Waals surface area contributed by atoms with Crippen molar-refractivity contribution in [1.29, 1.82) is 0 Å². The Labute approximate surface area is 128 Å². The van der Waals surface area contributed by atoms with Crippen LogP contribution in [0.25, 0.3) is 0 Å². The summed E-state index contributed by atoms with van der Waals surface area (Å²) in [5.74, 6) is -0.724. The Kier molecular flexibility index (Phi) is 4.15. The van der Waals surface area contributed by atoms with Crippen LogP contribution >= 0.6 is 0 Å². The van der Waals surface area contributed by atoms with Crippen LogP contribution in [0.15, 0.2) is 12.4 Å². The van der Waals surface area contributed by atoms with E-state index in [2.05, 4.69) is 5.10 Å². The van der Waals surface area contributed by atoms with Crippen molar-refractivity contribution in [3.8, 4) is 0 Å². The summed E-state index contributed by atoms with van der Waals surface area (Å²) in [5, 5.41) is 13.1. The van der Waals surface area contributed by atoms with Gasteiger partial charge in [-0.2, -0.15) is 5.10 Å². The highest BCUT2D eigenvalue weighted by Crippen LogP contribution is 2.36.